The number of rotatable bonds is 9. The third-order valence-electron chi connectivity index (χ3n) is 6.16. The van der Waals surface area contributed by atoms with Gasteiger partial charge < -0.3 is 23.7 Å². The number of aryl methyl sites for hydroxylation is 1. The first-order chi connectivity index (χ1) is 17.7. The van der Waals surface area contributed by atoms with E-state index in [0.29, 0.717) is 5.75 Å². The van der Waals surface area contributed by atoms with E-state index in [2.05, 4.69) is 4.57 Å². The second kappa shape index (κ2) is 10.3. The number of sulfonamides is 1. The van der Waals surface area contributed by atoms with Crippen molar-refractivity contribution in [1.82, 2.24) is 9.47 Å². The van der Waals surface area contributed by atoms with Gasteiger partial charge in [0.05, 0.1) is 38.5 Å². The van der Waals surface area contributed by atoms with E-state index in [1.165, 1.54) is 39.5 Å². The van der Waals surface area contributed by atoms with E-state index in [1.54, 1.807) is 31.1 Å². The van der Waals surface area contributed by atoms with Gasteiger partial charge in [-0.2, -0.15) is 0 Å². The molecule has 0 saturated carbocycles. The molecule has 0 unspecified atom stereocenters. The molecule has 0 atom stereocenters. The van der Waals surface area contributed by atoms with Crippen LogP contribution >= 0.6 is 0 Å². The summed E-state index contributed by atoms with van der Waals surface area (Å²) in [5.74, 6) is 0.127. The minimum Gasteiger partial charge on any atom is -0.493 e. The van der Waals surface area contributed by atoms with Crippen LogP contribution in [-0.2, 0) is 21.4 Å². The number of benzene rings is 3. The molecule has 9 nitrogen and oxygen atoms in total. The van der Waals surface area contributed by atoms with Crippen LogP contribution in [0.15, 0.2) is 59.5 Å². The fourth-order valence-corrected chi connectivity index (χ4v) is 6.00. The van der Waals surface area contributed by atoms with Crippen LogP contribution in [0, 0.1) is 0 Å². The van der Waals surface area contributed by atoms with Crippen LogP contribution in [0.25, 0.3) is 21.8 Å². The molecular formula is C27H31N3O6S. The van der Waals surface area contributed by atoms with Crippen LogP contribution in [0.2, 0.25) is 0 Å². The molecule has 3 aromatic carbocycles. The molecule has 0 aliphatic heterocycles. The zero-order valence-corrected chi connectivity index (χ0v) is 22.6. The molecule has 0 aliphatic carbocycles. The quantitative estimate of drug-likeness (QED) is 0.325. The van der Waals surface area contributed by atoms with Crippen LogP contribution in [0.4, 0.5) is 5.69 Å². The number of anilines is 1. The molecule has 0 bridgehead atoms. The van der Waals surface area contributed by atoms with E-state index < -0.39 is 15.9 Å². The normalized spacial score (nSPS) is 11.8. The van der Waals surface area contributed by atoms with Crippen LogP contribution < -0.4 is 18.5 Å². The van der Waals surface area contributed by atoms with Gasteiger partial charge in [0.15, 0.2) is 11.5 Å². The van der Waals surface area contributed by atoms with Crippen LogP contribution in [0.3, 0.4) is 0 Å². The summed E-state index contributed by atoms with van der Waals surface area (Å²) in [6, 6.07) is 15.7. The molecule has 1 aromatic heterocycles. The zero-order valence-electron chi connectivity index (χ0n) is 21.8. The van der Waals surface area contributed by atoms with Gasteiger partial charge >= 0.3 is 0 Å². The van der Waals surface area contributed by atoms with Gasteiger partial charge in [0.25, 0.3) is 15.9 Å². The Morgan fingerprint density at radius 3 is 2.05 bits per heavy atom. The molecule has 0 saturated heterocycles. The molecule has 0 spiro atoms. The molecular weight excluding hydrogens is 494 g/mol. The lowest BCUT2D eigenvalue weighted by Gasteiger charge is -2.25. The van der Waals surface area contributed by atoms with Gasteiger partial charge in [-0.15, -0.1) is 0 Å². The summed E-state index contributed by atoms with van der Waals surface area (Å²) in [5.41, 5.74) is 2.01. The Morgan fingerprint density at radius 2 is 1.49 bits per heavy atom. The highest BCUT2D eigenvalue weighted by Gasteiger charge is 2.33. The highest BCUT2D eigenvalue weighted by Crippen LogP contribution is 2.42. The summed E-state index contributed by atoms with van der Waals surface area (Å²) in [6.07, 6.45) is 0. The first-order valence-corrected chi connectivity index (χ1v) is 13.2. The minimum atomic E-state index is -4.33. The maximum atomic E-state index is 14.1. The van der Waals surface area contributed by atoms with E-state index in [9.17, 15) is 13.2 Å². The molecule has 37 heavy (non-hydrogen) atoms. The Hall–Kier alpha value is -3.76. The Labute approximate surface area is 216 Å². The van der Waals surface area contributed by atoms with Gasteiger partial charge in [-0.25, -0.2) is 12.7 Å². The fourth-order valence-electron chi connectivity index (χ4n) is 4.58. The van der Waals surface area contributed by atoms with Crippen LogP contribution in [0.5, 0.6) is 17.2 Å². The van der Waals surface area contributed by atoms with E-state index in [-0.39, 0.29) is 28.6 Å². The summed E-state index contributed by atoms with van der Waals surface area (Å²) in [5, 5.41) is 1.73. The zero-order chi connectivity index (χ0) is 26.9. The second-order valence-corrected chi connectivity index (χ2v) is 10.5. The highest BCUT2D eigenvalue weighted by molar-refractivity contribution is 7.93. The minimum absolute atomic E-state index is 0.000126. The largest absolute Gasteiger partial charge is 0.493 e. The molecule has 0 fully saturated rings. The number of methoxy groups -OCH3 is 3. The van der Waals surface area contributed by atoms with Crippen molar-refractivity contribution < 1.29 is 27.4 Å². The highest BCUT2D eigenvalue weighted by atomic mass is 32.2. The Balaban J connectivity index is 1.96. The van der Waals surface area contributed by atoms with E-state index in [0.717, 1.165) is 32.7 Å². The van der Waals surface area contributed by atoms with E-state index in [1.807, 2.05) is 31.2 Å². The Kier molecular flexibility index (Phi) is 7.33. The second-order valence-electron chi connectivity index (χ2n) is 8.72. The molecule has 10 heteroatoms. The van der Waals surface area contributed by atoms with Crippen LogP contribution in [-0.4, -0.2) is 65.8 Å². The third-order valence-corrected chi connectivity index (χ3v) is 7.91. The number of hydrogen-bond donors (Lipinski definition) is 0. The fraction of sp³-hybridized carbons (Fsp3) is 0.296. The topological polar surface area (TPSA) is 90.3 Å². The van der Waals surface area contributed by atoms with Crippen LogP contribution in [0.1, 0.15) is 6.92 Å². The van der Waals surface area contributed by atoms with Crippen molar-refractivity contribution in [1.29, 1.82) is 0 Å². The number of ether oxygens (including phenoxy) is 3. The Bertz CT molecular complexity index is 1550. The lowest BCUT2D eigenvalue weighted by atomic mass is 10.1. The van der Waals surface area contributed by atoms with E-state index >= 15 is 0 Å². The maximum absolute atomic E-state index is 14.1. The van der Waals surface area contributed by atoms with Crippen molar-refractivity contribution >= 4 is 43.4 Å². The van der Waals surface area contributed by atoms with Crippen molar-refractivity contribution in [2.24, 2.45) is 0 Å². The predicted octanol–water partition coefficient (Wildman–Crippen LogP) is 4.12. The number of aromatic nitrogens is 1. The number of carbonyl (C=O) groups excluding carboxylic acids is 1. The smallest absolute Gasteiger partial charge is 0.270 e. The van der Waals surface area contributed by atoms with Gasteiger partial charge in [-0.1, -0.05) is 18.2 Å². The molecule has 4 rings (SSSR count). The molecule has 1 heterocycles. The molecule has 196 valence electrons. The molecule has 0 N–H and O–H groups in total. The van der Waals surface area contributed by atoms with Gasteiger partial charge in [0, 0.05) is 40.5 Å². The van der Waals surface area contributed by atoms with Gasteiger partial charge in [0.2, 0.25) is 5.75 Å². The van der Waals surface area contributed by atoms with Gasteiger partial charge in [-0.3, -0.25) is 4.79 Å². The monoisotopic (exact) mass is 525 g/mol. The summed E-state index contributed by atoms with van der Waals surface area (Å²) in [4.78, 5) is 15.1. The number of nitrogens with zero attached hydrogens (tertiary/aromatic N) is 3. The number of carbonyl (C=O) groups is 1. The van der Waals surface area contributed by atoms with Crippen molar-refractivity contribution in [2.75, 3.05) is 46.3 Å². The van der Waals surface area contributed by atoms with Crippen molar-refractivity contribution in [3.63, 3.8) is 0 Å². The lowest BCUT2D eigenvalue weighted by Crippen LogP contribution is -2.42. The van der Waals surface area contributed by atoms with Crippen molar-refractivity contribution in [3.8, 4) is 17.2 Å². The summed E-state index contributed by atoms with van der Waals surface area (Å²) >= 11 is 0. The summed E-state index contributed by atoms with van der Waals surface area (Å²) in [7, 11) is 3.38. The molecule has 4 aromatic rings. The lowest BCUT2D eigenvalue weighted by molar-refractivity contribution is -0.118. The summed E-state index contributed by atoms with van der Waals surface area (Å²) in [6.45, 7) is 2.64. The van der Waals surface area contributed by atoms with Crippen molar-refractivity contribution in [2.45, 2.75) is 18.4 Å². The maximum Gasteiger partial charge on any atom is 0.270 e. The molecule has 0 radical (unpaired) electrons. The number of hydrogen-bond acceptors (Lipinski definition) is 7. The molecule has 1 amide bonds. The molecule has 0 aliphatic rings. The summed E-state index contributed by atoms with van der Waals surface area (Å²) < 4.78 is 47.4. The van der Waals surface area contributed by atoms with Gasteiger partial charge in [-0.05, 0) is 45.3 Å². The number of fused-ring (bicyclic) bond motifs is 3. The van der Waals surface area contributed by atoms with Crippen molar-refractivity contribution in [3.05, 3.63) is 54.6 Å². The standard InChI is InChI=1S/C27H31N3O6S/c1-7-29-22-11-9-8-10-20(22)21-16-19(12-13-23(21)29)37(32,33)30(26(31)17-28(2)3)18-14-24(34-4)27(36-6)25(15-18)35-5/h8-16H,7,17H2,1-6H3. The number of para-hydroxylation sites is 1. The third kappa shape index (κ3) is 4.58. The Morgan fingerprint density at radius 1 is 0.865 bits per heavy atom. The SMILES string of the molecule is CCn1c2ccccc2c2cc(S(=O)(=O)N(C(=O)CN(C)C)c3cc(OC)c(OC)c(OC)c3)ccc21. The van der Waals surface area contributed by atoms with Gasteiger partial charge in [0.1, 0.15) is 0 Å². The first kappa shape index (κ1) is 26.3. The average molecular weight is 526 g/mol. The number of amides is 1. The first-order valence-electron chi connectivity index (χ1n) is 11.7. The predicted molar refractivity (Wildman–Crippen MR) is 144 cm³/mol. The average Bonchev–Trinajstić information content (AvgIpc) is 3.20. The number of likely N-dealkylation sites (N-methyl/N-ethyl adjacent to an activating group) is 1. The van der Waals surface area contributed by atoms with E-state index in [4.69, 9.17) is 14.2 Å².